The predicted molar refractivity (Wildman–Crippen MR) is 123 cm³/mol. The zero-order chi connectivity index (χ0) is 21.8. The van der Waals surface area contributed by atoms with E-state index >= 15 is 0 Å². The summed E-state index contributed by atoms with van der Waals surface area (Å²) < 4.78 is 7.62. The van der Waals surface area contributed by atoms with Crippen molar-refractivity contribution in [3.63, 3.8) is 0 Å². The van der Waals surface area contributed by atoms with Crippen molar-refractivity contribution in [2.45, 2.75) is 25.9 Å². The van der Waals surface area contributed by atoms with Crippen LogP contribution in [0.4, 0.5) is 0 Å². The molecule has 0 fully saturated rings. The third-order valence-corrected chi connectivity index (χ3v) is 5.83. The molecule has 0 bridgehead atoms. The molecule has 0 saturated carbocycles. The number of aromatic nitrogens is 4. The molecule has 0 atom stereocenters. The van der Waals surface area contributed by atoms with Crippen LogP contribution in [0.2, 0.25) is 0 Å². The molecule has 4 aromatic rings. The Morgan fingerprint density at radius 3 is 2.55 bits per heavy atom. The lowest BCUT2D eigenvalue weighted by Crippen LogP contribution is -2.06. The van der Waals surface area contributed by atoms with Gasteiger partial charge in [-0.3, -0.25) is 9.89 Å². The van der Waals surface area contributed by atoms with Gasteiger partial charge in [0, 0.05) is 28.2 Å². The highest BCUT2D eigenvalue weighted by Crippen LogP contribution is 2.25. The summed E-state index contributed by atoms with van der Waals surface area (Å²) in [5.41, 5.74) is 4.63. The van der Waals surface area contributed by atoms with Gasteiger partial charge in [-0.05, 0) is 51.1 Å². The molecule has 158 valence electrons. The van der Waals surface area contributed by atoms with Crippen LogP contribution in [0, 0.1) is 13.8 Å². The summed E-state index contributed by atoms with van der Waals surface area (Å²) in [6.07, 6.45) is 0. The van der Waals surface area contributed by atoms with Crippen molar-refractivity contribution in [3.05, 3.63) is 77.6 Å². The number of carbonyl (C=O) groups excluding carboxylic acids is 1. The van der Waals surface area contributed by atoms with Crippen LogP contribution in [-0.2, 0) is 0 Å². The number of hydrogen-bond acceptors (Lipinski definition) is 5. The van der Waals surface area contributed by atoms with Crippen LogP contribution < -0.4 is 4.74 Å². The van der Waals surface area contributed by atoms with E-state index in [1.54, 1.807) is 0 Å². The van der Waals surface area contributed by atoms with Crippen LogP contribution >= 0.6 is 11.8 Å². The fourth-order valence-electron chi connectivity index (χ4n) is 3.54. The normalized spacial score (nSPS) is 10.9. The monoisotopic (exact) mass is 432 g/mol. The summed E-state index contributed by atoms with van der Waals surface area (Å²) in [7, 11) is 0. The Hall–Kier alpha value is -3.32. The van der Waals surface area contributed by atoms with Gasteiger partial charge in [0.15, 0.2) is 11.6 Å². The minimum atomic E-state index is 0.0568. The number of nitrogens with one attached hydrogen (secondary N) is 1. The second-order valence-electron chi connectivity index (χ2n) is 7.09. The largest absolute Gasteiger partial charge is 0.494 e. The number of thioether (sulfide) groups is 1. The number of ether oxygens (including phenoxy) is 1. The number of hydrogen-bond donors (Lipinski definition) is 1. The standard InChI is InChI=1S/C24H24N4O2S/c1-4-30-20-12-10-19(11-13-20)28-16(2)14-21(17(28)3)22(29)15-31-24-25-23(26-27-24)18-8-6-5-7-9-18/h5-14H,4,15H2,1-3H3,(H,25,26,27). The summed E-state index contributed by atoms with van der Waals surface area (Å²) in [6, 6.07) is 19.7. The van der Waals surface area contributed by atoms with Gasteiger partial charge in [-0.1, -0.05) is 42.1 Å². The summed E-state index contributed by atoms with van der Waals surface area (Å²) in [6.45, 7) is 6.58. The van der Waals surface area contributed by atoms with Crippen molar-refractivity contribution in [3.8, 4) is 22.8 Å². The van der Waals surface area contributed by atoms with Gasteiger partial charge in [-0.25, -0.2) is 4.98 Å². The van der Waals surface area contributed by atoms with Gasteiger partial charge >= 0.3 is 0 Å². The van der Waals surface area contributed by atoms with Crippen LogP contribution in [-0.4, -0.2) is 37.9 Å². The predicted octanol–water partition coefficient (Wildman–Crippen LogP) is 5.25. The Bertz CT molecular complexity index is 1180. The van der Waals surface area contributed by atoms with Crippen LogP contribution in [0.5, 0.6) is 5.75 Å². The number of H-pyrrole nitrogens is 1. The van der Waals surface area contributed by atoms with E-state index in [0.29, 0.717) is 17.6 Å². The lowest BCUT2D eigenvalue weighted by molar-refractivity contribution is 0.102. The highest BCUT2D eigenvalue weighted by atomic mass is 32.2. The SMILES string of the molecule is CCOc1ccc(-n2c(C)cc(C(=O)CSc3n[nH]c(-c4ccccc4)n3)c2C)cc1. The Balaban J connectivity index is 1.47. The van der Waals surface area contributed by atoms with Gasteiger partial charge < -0.3 is 9.30 Å². The Labute approximate surface area is 185 Å². The number of aryl methyl sites for hydroxylation is 1. The zero-order valence-corrected chi connectivity index (χ0v) is 18.6. The van der Waals surface area contributed by atoms with Crippen LogP contribution in [0.25, 0.3) is 17.1 Å². The number of nitrogens with zero attached hydrogens (tertiary/aromatic N) is 3. The van der Waals surface area contributed by atoms with E-state index in [0.717, 1.165) is 34.0 Å². The molecule has 0 amide bonds. The molecular weight excluding hydrogens is 408 g/mol. The molecule has 0 radical (unpaired) electrons. The molecule has 2 aromatic carbocycles. The smallest absolute Gasteiger partial charge is 0.209 e. The second-order valence-corrected chi connectivity index (χ2v) is 8.03. The molecule has 0 spiro atoms. The summed E-state index contributed by atoms with van der Waals surface area (Å²) in [4.78, 5) is 17.4. The van der Waals surface area contributed by atoms with Crippen molar-refractivity contribution in [2.75, 3.05) is 12.4 Å². The zero-order valence-electron chi connectivity index (χ0n) is 17.8. The average molecular weight is 433 g/mol. The number of rotatable bonds is 8. The fraction of sp³-hybridized carbons (Fsp3) is 0.208. The van der Waals surface area contributed by atoms with Gasteiger partial charge in [0.1, 0.15) is 5.75 Å². The molecule has 2 aromatic heterocycles. The first-order chi connectivity index (χ1) is 15.1. The molecule has 0 aliphatic heterocycles. The molecule has 31 heavy (non-hydrogen) atoms. The maximum atomic E-state index is 12.9. The van der Waals surface area contributed by atoms with E-state index in [4.69, 9.17) is 4.74 Å². The van der Waals surface area contributed by atoms with E-state index in [1.807, 2.05) is 81.4 Å². The lowest BCUT2D eigenvalue weighted by atomic mass is 10.2. The average Bonchev–Trinajstić information content (AvgIpc) is 3.38. The van der Waals surface area contributed by atoms with Gasteiger partial charge in [0.25, 0.3) is 0 Å². The third-order valence-electron chi connectivity index (χ3n) is 4.98. The van der Waals surface area contributed by atoms with Crippen LogP contribution in [0.3, 0.4) is 0 Å². The number of benzene rings is 2. The first-order valence-electron chi connectivity index (χ1n) is 10.1. The second kappa shape index (κ2) is 9.22. The molecule has 6 nitrogen and oxygen atoms in total. The molecular formula is C24H24N4O2S. The lowest BCUT2D eigenvalue weighted by Gasteiger charge is -2.11. The molecule has 0 aliphatic rings. The number of carbonyl (C=O) groups is 1. The molecule has 7 heteroatoms. The number of aromatic amines is 1. The van der Waals surface area contributed by atoms with Crippen molar-refractivity contribution >= 4 is 17.5 Å². The molecule has 1 N–H and O–H groups in total. The minimum absolute atomic E-state index is 0.0568. The van der Waals surface area contributed by atoms with Crippen molar-refractivity contribution in [1.82, 2.24) is 19.7 Å². The number of Topliss-reactive ketones (excluding diaryl/α,β-unsaturated/α-hetero) is 1. The Kier molecular flexibility index (Phi) is 6.23. The molecule has 4 rings (SSSR count). The van der Waals surface area contributed by atoms with E-state index in [9.17, 15) is 4.79 Å². The molecule has 0 unspecified atom stereocenters. The Morgan fingerprint density at radius 2 is 1.84 bits per heavy atom. The van der Waals surface area contributed by atoms with Crippen LogP contribution in [0.1, 0.15) is 28.7 Å². The van der Waals surface area contributed by atoms with Crippen molar-refractivity contribution in [2.24, 2.45) is 0 Å². The first kappa shape index (κ1) is 20.9. The van der Waals surface area contributed by atoms with Gasteiger partial charge in [-0.15, -0.1) is 5.10 Å². The quantitative estimate of drug-likeness (QED) is 0.304. The molecule has 2 heterocycles. The van der Waals surface area contributed by atoms with Gasteiger partial charge in [0.05, 0.1) is 12.4 Å². The van der Waals surface area contributed by atoms with Gasteiger partial charge in [-0.2, -0.15) is 0 Å². The summed E-state index contributed by atoms with van der Waals surface area (Å²) in [5.74, 6) is 1.87. The summed E-state index contributed by atoms with van der Waals surface area (Å²) >= 11 is 1.34. The highest BCUT2D eigenvalue weighted by molar-refractivity contribution is 7.99. The highest BCUT2D eigenvalue weighted by Gasteiger charge is 2.18. The Morgan fingerprint density at radius 1 is 1.10 bits per heavy atom. The van der Waals surface area contributed by atoms with E-state index in [-0.39, 0.29) is 11.5 Å². The fourth-order valence-corrected chi connectivity index (χ4v) is 4.23. The number of ketones is 1. The van der Waals surface area contributed by atoms with E-state index < -0.39 is 0 Å². The first-order valence-corrected chi connectivity index (χ1v) is 11.1. The molecule has 0 aliphatic carbocycles. The molecule has 0 saturated heterocycles. The van der Waals surface area contributed by atoms with Crippen molar-refractivity contribution in [1.29, 1.82) is 0 Å². The topological polar surface area (TPSA) is 72.8 Å². The minimum Gasteiger partial charge on any atom is -0.494 e. The van der Waals surface area contributed by atoms with Crippen LogP contribution in [0.15, 0.2) is 65.8 Å². The maximum absolute atomic E-state index is 12.9. The van der Waals surface area contributed by atoms with Crippen molar-refractivity contribution < 1.29 is 9.53 Å². The maximum Gasteiger partial charge on any atom is 0.209 e. The van der Waals surface area contributed by atoms with E-state index in [2.05, 4.69) is 19.7 Å². The van der Waals surface area contributed by atoms with E-state index in [1.165, 1.54) is 11.8 Å². The third kappa shape index (κ3) is 4.56. The van der Waals surface area contributed by atoms with Gasteiger partial charge in [0.2, 0.25) is 5.16 Å². The summed E-state index contributed by atoms with van der Waals surface area (Å²) in [5, 5.41) is 7.73.